The van der Waals surface area contributed by atoms with Crippen molar-refractivity contribution in [1.29, 1.82) is 0 Å². The standard InChI is InChI=1S/C12H9Cl2FN4O/c13-9-6(2-1-3-8(9)15)4-17-11-7(10(16)20)5-18-12(14)19-11/h1-3,5H,4H2,(H2,16,20)(H,17,18,19). The number of hydrogen-bond donors (Lipinski definition) is 2. The molecule has 0 spiro atoms. The quantitative estimate of drug-likeness (QED) is 0.850. The summed E-state index contributed by atoms with van der Waals surface area (Å²) in [6, 6.07) is 4.42. The monoisotopic (exact) mass is 314 g/mol. The van der Waals surface area contributed by atoms with Crippen LogP contribution in [0.2, 0.25) is 10.3 Å². The summed E-state index contributed by atoms with van der Waals surface area (Å²) in [5.74, 6) is -1.06. The van der Waals surface area contributed by atoms with Crippen molar-refractivity contribution in [2.24, 2.45) is 5.73 Å². The molecular formula is C12H9Cl2FN4O. The predicted molar refractivity (Wildman–Crippen MR) is 74.3 cm³/mol. The molecule has 1 heterocycles. The smallest absolute Gasteiger partial charge is 0.254 e. The third-order valence-electron chi connectivity index (χ3n) is 2.50. The zero-order valence-corrected chi connectivity index (χ0v) is 11.5. The first-order valence-corrected chi connectivity index (χ1v) is 6.23. The third kappa shape index (κ3) is 3.15. The van der Waals surface area contributed by atoms with Gasteiger partial charge in [0.2, 0.25) is 5.28 Å². The van der Waals surface area contributed by atoms with Crippen LogP contribution in [0.5, 0.6) is 0 Å². The number of hydrogen-bond acceptors (Lipinski definition) is 4. The zero-order valence-electron chi connectivity index (χ0n) is 10.0. The predicted octanol–water partition coefficient (Wildman–Crippen LogP) is 2.63. The lowest BCUT2D eigenvalue weighted by Crippen LogP contribution is -2.16. The van der Waals surface area contributed by atoms with Gasteiger partial charge in [0.15, 0.2) is 0 Å². The second-order valence-corrected chi connectivity index (χ2v) is 4.55. The number of rotatable bonds is 4. The van der Waals surface area contributed by atoms with E-state index >= 15 is 0 Å². The molecule has 104 valence electrons. The van der Waals surface area contributed by atoms with Gasteiger partial charge in [0.05, 0.1) is 10.6 Å². The van der Waals surface area contributed by atoms with E-state index in [0.29, 0.717) is 5.56 Å². The summed E-state index contributed by atoms with van der Waals surface area (Å²) in [6.45, 7) is 0.157. The molecule has 0 bridgehead atoms. The minimum absolute atomic E-state index is 0.000720. The molecule has 5 nitrogen and oxygen atoms in total. The van der Waals surface area contributed by atoms with Crippen molar-refractivity contribution in [2.45, 2.75) is 6.54 Å². The van der Waals surface area contributed by atoms with Gasteiger partial charge in [0, 0.05) is 12.7 Å². The summed E-state index contributed by atoms with van der Waals surface area (Å²) < 4.78 is 13.3. The Labute approximate surface area is 123 Å². The molecule has 0 unspecified atom stereocenters. The molecular weight excluding hydrogens is 306 g/mol. The van der Waals surface area contributed by atoms with Crippen LogP contribution in [0, 0.1) is 5.82 Å². The van der Waals surface area contributed by atoms with Crippen LogP contribution in [0.25, 0.3) is 0 Å². The van der Waals surface area contributed by atoms with Gasteiger partial charge in [-0.25, -0.2) is 9.37 Å². The van der Waals surface area contributed by atoms with E-state index in [1.54, 1.807) is 6.07 Å². The lowest BCUT2D eigenvalue weighted by molar-refractivity contribution is 0.100. The Hall–Kier alpha value is -1.92. The molecule has 0 aliphatic carbocycles. The summed E-state index contributed by atoms with van der Waals surface area (Å²) in [4.78, 5) is 18.8. The Balaban J connectivity index is 2.24. The van der Waals surface area contributed by atoms with Gasteiger partial charge in [-0.2, -0.15) is 4.98 Å². The molecule has 0 fully saturated rings. The molecule has 1 amide bonds. The highest BCUT2D eigenvalue weighted by Gasteiger charge is 2.12. The van der Waals surface area contributed by atoms with Gasteiger partial charge in [-0.05, 0) is 23.2 Å². The molecule has 8 heteroatoms. The first-order valence-electron chi connectivity index (χ1n) is 5.48. The number of aromatic nitrogens is 2. The highest BCUT2D eigenvalue weighted by molar-refractivity contribution is 6.31. The van der Waals surface area contributed by atoms with E-state index in [-0.39, 0.29) is 28.2 Å². The van der Waals surface area contributed by atoms with E-state index in [0.717, 1.165) is 0 Å². The van der Waals surface area contributed by atoms with Crippen LogP contribution < -0.4 is 11.1 Å². The van der Waals surface area contributed by atoms with Crippen molar-refractivity contribution < 1.29 is 9.18 Å². The SMILES string of the molecule is NC(=O)c1cnc(Cl)nc1NCc1cccc(F)c1Cl. The molecule has 1 aromatic heterocycles. The number of anilines is 1. The van der Waals surface area contributed by atoms with E-state index in [4.69, 9.17) is 28.9 Å². The molecule has 2 aromatic rings. The van der Waals surface area contributed by atoms with Gasteiger partial charge < -0.3 is 11.1 Å². The van der Waals surface area contributed by atoms with Crippen LogP contribution in [-0.2, 0) is 6.54 Å². The van der Waals surface area contributed by atoms with Crippen LogP contribution in [-0.4, -0.2) is 15.9 Å². The number of primary amides is 1. The Morgan fingerprint density at radius 3 is 2.85 bits per heavy atom. The molecule has 20 heavy (non-hydrogen) atoms. The topological polar surface area (TPSA) is 80.9 Å². The van der Waals surface area contributed by atoms with Gasteiger partial charge >= 0.3 is 0 Å². The molecule has 0 aliphatic heterocycles. The number of nitrogens with two attached hydrogens (primary N) is 1. The Kier molecular flexibility index (Phi) is 4.36. The minimum atomic E-state index is -0.700. The number of benzene rings is 1. The minimum Gasteiger partial charge on any atom is -0.365 e. The average molecular weight is 315 g/mol. The lowest BCUT2D eigenvalue weighted by Gasteiger charge is -2.10. The second-order valence-electron chi connectivity index (χ2n) is 3.83. The maximum absolute atomic E-state index is 13.3. The van der Waals surface area contributed by atoms with Gasteiger partial charge in [0.25, 0.3) is 5.91 Å². The van der Waals surface area contributed by atoms with Crippen LogP contribution in [0.4, 0.5) is 10.2 Å². The fraction of sp³-hybridized carbons (Fsp3) is 0.0833. The van der Waals surface area contributed by atoms with Crippen molar-refractivity contribution in [3.8, 4) is 0 Å². The van der Waals surface area contributed by atoms with Crippen LogP contribution >= 0.6 is 23.2 Å². The average Bonchev–Trinajstić information content (AvgIpc) is 2.40. The fourth-order valence-electron chi connectivity index (χ4n) is 1.54. The third-order valence-corrected chi connectivity index (χ3v) is 3.11. The maximum Gasteiger partial charge on any atom is 0.254 e. The lowest BCUT2D eigenvalue weighted by atomic mass is 10.2. The van der Waals surface area contributed by atoms with Gasteiger partial charge in [-0.3, -0.25) is 4.79 Å². The first kappa shape index (κ1) is 14.5. The molecule has 0 saturated heterocycles. The summed E-state index contributed by atoms with van der Waals surface area (Å²) in [5, 5.41) is 2.79. The number of nitrogens with zero attached hydrogens (tertiary/aromatic N) is 2. The summed E-state index contributed by atoms with van der Waals surface area (Å²) in [7, 11) is 0. The van der Waals surface area contributed by atoms with Crippen molar-refractivity contribution in [3.05, 3.63) is 51.6 Å². The zero-order chi connectivity index (χ0) is 14.7. The van der Waals surface area contributed by atoms with Gasteiger partial charge in [-0.1, -0.05) is 23.7 Å². The molecule has 2 rings (SSSR count). The summed E-state index contributed by atoms with van der Waals surface area (Å²) in [5.41, 5.74) is 5.80. The van der Waals surface area contributed by atoms with E-state index in [1.807, 2.05) is 0 Å². The fourth-order valence-corrected chi connectivity index (χ4v) is 1.87. The van der Waals surface area contributed by atoms with Crippen LogP contribution in [0.3, 0.4) is 0 Å². The Morgan fingerprint density at radius 1 is 1.40 bits per heavy atom. The molecule has 0 aliphatic rings. The van der Waals surface area contributed by atoms with E-state index in [9.17, 15) is 9.18 Å². The molecule has 0 radical (unpaired) electrons. The van der Waals surface area contributed by atoms with Crippen molar-refractivity contribution >= 4 is 34.9 Å². The number of carbonyl (C=O) groups excluding carboxylic acids is 1. The van der Waals surface area contributed by atoms with Crippen molar-refractivity contribution in [3.63, 3.8) is 0 Å². The van der Waals surface area contributed by atoms with E-state index in [2.05, 4.69) is 15.3 Å². The molecule has 3 N–H and O–H groups in total. The highest BCUT2D eigenvalue weighted by atomic mass is 35.5. The maximum atomic E-state index is 13.3. The van der Waals surface area contributed by atoms with E-state index in [1.165, 1.54) is 18.3 Å². The van der Waals surface area contributed by atoms with Crippen LogP contribution in [0.1, 0.15) is 15.9 Å². The number of halogens is 3. The van der Waals surface area contributed by atoms with Gasteiger partial charge in [0.1, 0.15) is 11.6 Å². The molecule has 0 atom stereocenters. The van der Waals surface area contributed by atoms with E-state index < -0.39 is 11.7 Å². The second kappa shape index (κ2) is 6.02. The van der Waals surface area contributed by atoms with Gasteiger partial charge in [-0.15, -0.1) is 0 Å². The normalized spacial score (nSPS) is 10.3. The first-order chi connectivity index (χ1) is 9.49. The van der Waals surface area contributed by atoms with Crippen molar-refractivity contribution in [2.75, 3.05) is 5.32 Å². The number of carbonyl (C=O) groups is 1. The summed E-state index contributed by atoms with van der Waals surface area (Å²) in [6.07, 6.45) is 1.22. The molecule has 1 aromatic carbocycles. The number of nitrogens with one attached hydrogen (secondary N) is 1. The Bertz CT molecular complexity index is 666. The largest absolute Gasteiger partial charge is 0.365 e. The van der Waals surface area contributed by atoms with Crippen molar-refractivity contribution in [1.82, 2.24) is 9.97 Å². The molecule has 0 saturated carbocycles. The number of amides is 1. The Morgan fingerprint density at radius 2 is 2.15 bits per heavy atom. The summed E-state index contributed by atoms with van der Waals surface area (Å²) >= 11 is 11.5. The highest BCUT2D eigenvalue weighted by Crippen LogP contribution is 2.21. The van der Waals surface area contributed by atoms with Crippen LogP contribution in [0.15, 0.2) is 24.4 Å².